The van der Waals surface area contributed by atoms with Gasteiger partial charge in [-0.25, -0.2) is 0 Å². The van der Waals surface area contributed by atoms with Gasteiger partial charge in [0.1, 0.15) is 6.04 Å². The number of carbonyl (C=O) groups is 2. The molecule has 19 heavy (non-hydrogen) atoms. The Kier molecular flexibility index (Phi) is 5.55. The standard InChI is InChI=1S/C15H22N2O2/c1-10(2)14(17-12(4)18)15(19)16-11(3)13-8-6-5-7-9-13/h5-11,14H,1-4H3,(H,16,19)(H,17,18)/t11-,14-/m0/s1. The summed E-state index contributed by atoms with van der Waals surface area (Å²) in [6, 6.07) is 9.16. The van der Waals surface area contributed by atoms with Crippen LogP contribution in [0.4, 0.5) is 0 Å². The second kappa shape index (κ2) is 6.92. The molecule has 2 atom stereocenters. The number of hydrogen-bond donors (Lipinski definition) is 2. The van der Waals surface area contributed by atoms with E-state index in [-0.39, 0.29) is 23.8 Å². The molecule has 0 aliphatic carbocycles. The fraction of sp³-hybridized carbons (Fsp3) is 0.467. The van der Waals surface area contributed by atoms with Crippen LogP contribution < -0.4 is 10.6 Å². The zero-order valence-corrected chi connectivity index (χ0v) is 11.9. The molecule has 0 bridgehead atoms. The summed E-state index contributed by atoms with van der Waals surface area (Å²) in [5, 5.41) is 5.61. The number of hydrogen-bond acceptors (Lipinski definition) is 2. The van der Waals surface area contributed by atoms with E-state index in [9.17, 15) is 9.59 Å². The van der Waals surface area contributed by atoms with Crippen LogP contribution in [0.25, 0.3) is 0 Å². The lowest BCUT2D eigenvalue weighted by Crippen LogP contribution is -2.49. The van der Waals surface area contributed by atoms with Gasteiger partial charge in [-0.3, -0.25) is 9.59 Å². The van der Waals surface area contributed by atoms with Gasteiger partial charge in [0.05, 0.1) is 6.04 Å². The van der Waals surface area contributed by atoms with Gasteiger partial charge in [-0.15, -0.1) is 0 Å². The van der Waals surface area contributed by atoms with Gasteiger partial charge in [-0.2, -0.15) is 0 Å². The monoisotopic (exact) mass is 262 g/mol. The lowest BCUT2D eigenvalue weighted by molar-refractivity contribution is -0.129. The van der Waals surface area contributed by atoms with Crippen LogP contribution in [0.2, 0.25) is 0 Å². The third-order valence-corrected chi connectivity index (χ3v) is 2.97. The Labute approximate surface area is 114 Å². The van der Waals surface area contributed by atoms with Crippen LogP contribution in [0, 0.1) is 5.92 Å². The van der Waals surface area contributed by atoms with Crippen LogP contribution in [0.3, 0.4) is 0 Å². The molecule has 1 aromatic carbocycles. The molecular formula is C15H22N2O2. The Hall–Kier alpha value is -1.84. The predicted molar refractivity (Wildman–Crippen MR) is 75.4 cm³/mol. The zero-order chi connectivity index (χ0) is 14.4. The highest BCUT2D eigenvalue weighted by molar-refractivity contribution is 5.87. The molecule has 4 nitrogen and oxygen atoms in total. The van der Waals surface area contributed by atoms with Gasteiger partial charge in [-0.1, -0.05) is 44.2 Å². The average molecular weight is 262 g/mol. The van der Waals surface area contributed by atoms with E-state index in [1.54, 1.807) is 0 Å². The van der Waals surface area contributed by atoms with Gasteiger partial charge >= 0.3 is 0 Å². The lowest BCUT2D eigenvalue weighted by atomic mass is 10.0. The highest BCUT2D eigenvalue weighted by Gasteiger charge is 2.24. The molecule has 4 heteroatoms. The van der Waals surface area contributed by atoms with Gasteiger partial charge in [-0.05, 0) is 18.4 Å². The number of benzene rings is 1. The van der Waals surface area contributed by atoms with Crippen LogP contribution in [0.15, 0.2) is 30.3 Å². The molecule has 0 heterocycles. The largest absolute Gasteiger partial charge is 0.348 e. The van der Waals surface area contributed by atoms with Crippen molar-refractivity contribution in [2.45, 2.75) is 39.8 Å². The molecule has 0 unspecified atom stereocenters. The first kappa shape index (κ1) is 15.2. The van der Waals surface area contributed by atoms with E-state index in [0.29, 0.717) is 0 Å². The number of amides is 2. The normalized spacial score (nSPS) is 13.7. The van der Waals surface area contributed by atoms with Gasteiger partial charge in [0.25, 0.3) is 0 Å². The fourth-order valence-corrected chi connectivity index (χ4v) is 1.88. The molecule has 0 saturated heterocycles. The summed E-state index contributed by atoms with van der Waals surface area (Å²) >= 11 is 0. The van der Waals surface area contributed by atoms with E-state index in [0.717, 1.165) is 5.56 Å². The van der Waals surface area contributed by atoms with Crippen molar-refractivity contribution in [3.05, 3.63) is 35.9 Å². The average Bonchev–Trinajstić information content (AvgIpc) is 2.36. The van der Waals surface area contributed by atoms with Crippen molar-refractivity contribution in [1.82, 2.24) is 10.6 Å². The Morgan fingerprint density at radius 2 is 1.58 bits per heavy atom. The summed E-state index contributed by atoms with van der Waals surface area (Å²) in [6.45, 7) is 7.17. The Morgan fingerprint density at radius 3 is 2.05 bits per heavy atom. The molecule has 1 rings (SSSR count). The molecule has 0 aliphatic rings. The molecule has 104 valence electrons. The first-order valence-electron chi connectivity index (χ1n) is 6.54. The minimum atomic E-state index is -0.497. The second-order valence-electron chi connectivity index (χ2n) is 5.06. The van der Waals surface area contributed by atoms with E-state index < -0.39 is 6.04 Å². The summed E-state index contributed by atoms with van der Waals surface area (Å²) in [5.74, 6) is -0.297. The highest BCUT2D eigenvalue weighted by Crippen LogP contribution is 2.12. The summed E-state index contributed by atoms with van der Waals surface area (Å²) in [6.07, 6.45) is 0. The maximum Gasteiger partial charge on any atom is 0.243 e. The van der Waals surface area contributed by atoms with Crippen LogP contribution in [-0.4, -0.2) is 17.9 Å². The Bertz CT molecular complexity index is 429. The molecule has 0 aromatic heterocycles. The minimum Gasteiger partial charge on any atom is -0.348 e. The van der Waals surface area contributed by atoms with Gasteiger partial charge in [0, 0.05) is 6.92 Å². The molecule has 1 aromatic rings. The van der Waals surface area contributed by atoms with Crippen molar-refractivity contribution < 1.29 is 9.59 Å². The first-order valence-corrected chi connectivity index (χ1v) is 6.54. The fourth-order valence-electron chi connectivity index (χ4n) is 1.88. The van der Waals surface area contributed by atoms with Crippen molar-refractivity contribution in [3.63, 3.8) is 0 Å². The van der Waals surface area contributed by atoms with Crippen molar-refractivity contribution in [2.24, 2.45) is 5.92 Å². The molecule has 2 N–H and O–H groups in total. The van der Waals surface area contributed by atoms with Gasteiger partial charge in [0.15, 0.2) is 0 Å². The number of nitrogens with one attached hydrogen (secondary N) is 2. The summed E-state index contributed by atoms with van der Waals surface area (Å²) in [7, 11) is 0. The van der Waals surface area contributed by atoms with E-state index in [1.807, 2.05) is 51.1 Å². The highest BCUT2D eigenvalue weighted by atomic mass is 16.2. The van der Waals surface area contributed by atoms with E-state index in [4.69, 9.17) is 0 Å². The van der Waals surface area contributed by atoms with Crippen LogP contribution in [-0.2, 0) is 9.59 Å². The number of carbonyl (C=O) groups excluding carboxylic acids is 2. The van der Waals surface area contributed by atoms with E-state index in [2.05, 4.69) is 10.6 Å². The first-order chi connectivity index (χ1) is 8.91. The van der Waals surface area contributed by atoms with Crippen molar-refractivity contribution >= 4 is 11.8 Å². The molecule has 0 spiro atoms. The van der Waals surface area contributed by atoms with Gasteiger partial charge < -0.3 is 10.6 Å². The third kappa shape index (κ3) is 4.73. The maximum absolute atomic E-state index is 12.2. The summed E-state index contributed by atoms with van der Waals surface area (Å²) in [4.78, 5) is 23.3. The zero-order valence-electron chi connectivity index (χ0n) is 11.9. The topological polar surface area (TPSA) is 58.2 Å². The molecular weight excluding hydrogens is 240 g/mol. The van der Waals surface area contributed by atoms with Crippen molar-refractivity contribution in [3.8, 4) is 0 Å². The van der Waals surface area contributed by atoms with Crippen LogP contribution in [0.1, 0.15) is 39.3 Å². The Balaban J connectivity index is 2.69. The second-order valence-corrected chi connectivity index (χ2v) is 5.06. The lowest BCUT2D eigenvalue weighted by Gasteiger charge is -2.23. The molecule has 0 saturated carbocycles. The van der Waals surface area contributed by atoms with E-state index in [1.165, 1.54) is 6.92 Å². The maximum atomic E-state index is 12.2. The van der Waals surface area contributed by atoms with Crippen LogP contribution in [0.5, 0.6) is 0 Å². The summed E-state index contributed by atoms with van der Waals surface area (Å²) < 4.78 is 0. The molecule has 0 radical (unpaired) electrons. The summed E-state index contributed by atoms with van der Waals surface area (Å²) in [5.41, 5.74) is 1.04. The van der Waals surface area contributed by atoms with Crippen molar-refractivity contribution in [2.75, 3.05) is 0 Å². The Morgan fingerprint density at radius 1 is 1.00 bits per heavy atom. The molecule has 2 amide bonds. The molecule has 0 aliphatic heterocycles. The number of rotatable bonds is 5. The predicted octanol–water partition coefficient (Wildman–Crippen LogP) is 2.02. The smallest absolute Gasteiger partial charge is 0.243 e. The molecule has 0 fully saturated rings. The minimum absolute atomic E-state index is 0.0480. The quantitative estimate of drug-likeness (QED) is 0.853. The third-order valence-electron chi connectivity index (χ3n) is 2.97. The van der Waals surface area contributed by atoms with Crippen molar-refractivity contribution in [1.29, 1.82) is 0 Å². The SMILES string of the molecule is CC(=O)N[C@H](C(=O)N[C@@H](C)c1ccccc1)C(C)C. The van der Waals surface area contributed by atoms with Crippen LogP contribution >= 0.6 is 0 Å². The van der Waals surface area contributed by atoms with E-state index >= 15 is 0 Å². The van der Waals surface area contributed by atoms with Gasteiger partial charge in [0.2, 0.25) is 11.8 Å².